The van der Waals surface area contributed by atoms with Gasteiger partial charge in [-0.1, -0.05) is 23.7 Å². The summed E-state index contributed by atoms with van der Waals surface area (Å²) >= 11 is 5.96. The largest absolute Gasteiger partial charge is 0.474 e. The van der Waals surface area contributed by atoms with E-state index in [4.69, 9.17) is 16.3 Å². The number of hydrogen-bond acceptors (Lipinski definition) is 3. The Kier molecular flexibility index (Phi) is 4.01. The van der Waals surface area contributed by atoms with Gasteiger partial charge in [0, 0.05) is 16.6 Å². The maximum atomic E-state index is 12.2. The van der Waals surface area contributed by atoms with Gasteiger partial charge in [0.15, 0.2) is 11.9 Å². The number of aliphatic imine (C=N–C) groups is 1. The second-order valence-corrected chi connectivity index (χ2v) is 6.59. The molecule has 1 N–H and O–H groups in total. The van der Waals surface area contributed by atoms with E-state index < -0.39 is 12.0 Å². The molecule has 6 heteroatoms. The van der Waals surface area contributed by atoms with Gasteiger partial charge in [-0.3, -0.25) is 9.59 Å². The van der Waals surface area contributed by atoms with Crippen molar-refractivity contribution < 1.29 is 14.3 Å². The Morgan fingerprint density at radius 1 is 1.36 bits per heavy atom. The second kappa shape index (κ2) is 6.33. The molecule has 1 fully saturated rings. The van der Waals surface area contributed by atoms with Crippen molar-refractivity contribution in [1.82, 2.24) is 5.32 Å². The fraction of sp³-hybridized carbons (Fsp3) is 0.211. The molecule has 1 unspecified atom stereocenters. The molecule has 2 amide bonds. The second-order valence-electron chi connectivity index (χ2n) is 6.15. The highest BCUT2D eigenvalue weighted by Crippen LogP contribution is 2.24. The lowest BCUT2D eigenvalue weighted by Gasteiger charge is -2.24. The summed E-state index contributed by atoms with van der Waals surface area (Å²) in [6.07, 6.45) is 8.22. The van der Waals surface area contributed by atoms with Crippen molar-refractivity contribution in [1.29, 1.82) is 0 Å². The van der Waals surface area contributed by atoms with Gasteiger partial charge in [-0.25, -0.2) is 4.99 Å². The maximum Gasteiger partial charge on any atom is 0.312 e. The van der Waals surface area contributed by atoms with Crippen LogP contribution in [0.5, 0.6) is 0 Å². The van der Waals surface area contributed by atoms with Crippen molar-refractivity contribution in [3.8, 4) is 0 Å². The van der Waals surface area contributed by atoms with E-state index in [0.717, 1.165) is 18.4 Å². The van der Waals surface area contributed by atoms with E-state index in [1.165, 1.54) is 0 Å². The Balaban J connectivity index is 1.56. The summed E-state index contributed by atoms with van der Waals surface area (Å²) in [5.41, 5.74) is 1.69. The molecule has 0 saturated heterocycles. The van der Waals surface area contributed by atoms with Crippen LogP contribution >= 0.6 is 11.6 Å². The Morgan fingerprint density at radius 3 is 2.96 bits per heavy atom. The first-order chi connectivity index (χ1) is 12.1. The van der Waals surface area contributed by atoms with Crippen LogP contribution < -0.4 is 5.32 Å². The lowest BCUT2D eigenvalue weighted by molar-refractivity contribution is -0.119. The van der Waals surface area contributed by atoms with Gasteiger partial charge in [-0.05, 0) is 54.8 Å². The third-order valence-corrected chi connectivity index (χ3v) is 4.30. The number of carbonyl (C=O) groups is 2. The molecule has 126 valence electrons. The summed E-state index contributed by atoms with van der Waals surface area (Å²) in [5, 5.41) is 3.49. The Morgan fingerprint density at radius 2 is 2.20 bits per heavy atom. The number of halogens is 1. The summed E-state index contributed by atoms with van der Waals surface area (Å²) in [7, 11) is 0. The molecular formula is C19H15ClN2O3. The summed E-state index contributed by atoms with van der Waals surface area (Å²) in [6.45, 7) is 0. The molecule has 0 radical (unpaired) electrons. The molecule has 1 aliphatic heterocycles. The summed E-state index contributed by atoms with van der Waals surface area (Å²) < 4.78 is 5.74. The van der Waals surface area contributed by atoms with Crippen molar-refractivity contribution >= 4 is 35.2 Å². The molecule has 0 aromatic heterocycles. The van der Waals surface area contributed by atoms with Gasteiger partial charge in [-0.15, -0.1) is 0 Å². The molecule has 25 heavy (non-hydrogen) atoms. The minimum absolute atomic E-state index is 0.146. The van der Waals surface area contributed by atoms with Crippen molar-refractivity contribution in [2.75, 3.05) is 0 Å². The first kappa shape index (κ1) is 15.8. The highest BCUT2D eigenvalue weighted by atomic mass is 35.5. The predicted octanol–water partition coefficient (Wildman–Crippen LogP) is 2.82. The van der Waals surface area contributed by atoms with Crippen LogP contribution in [0.2, 0.25) is 5.02 Å². The minimum atomic E-state index is -0.472. The van der Waals surface area contributed by atoms with Gasteiger partial charge in [0.05, 0.1) is 5.71 Å². The quantitative estimate of drug-likeness (QED) is 0.849. The fourth-order valence-corrected chi connectivity index (χ4v) is 2.81. The minimum Gasteiger partial charge on any atom is -0.474 e. The zero-order chi connectivity index (χ0) is 17.4. The summed E-state index contributed by atoms with van der Waals surface area (Å²) in [5.74, 6) is -0.465. The number of rotatable bonds is 3. The molecule has 3 aliphatic rings. The smallest absolute Gasteiger partial charge is 0.312 e. The van der Waals surface area contributed by atoms with E-state index in [1.54, 1.807) is 42.5 Å². The van der Waals surface area contributed by atoms with Gasteiger partial charge in [0.2, 0.25) is 0 Å². The molecule has 1 atom stereocenters. The summed E-state index contributed by atoms with van der Waals surface area (Å²) in [4.78, 5) is 28.4. The lowest BCUT2D eigenvalue weighted by Crippen LogP contribution is -2.33. The lowest BCUT2D eigenvalue weighted by atomic mass is 10.0. The molecule has 1 saturated carbocycles. The zero-order valence-corrected chi connectivity index (χ0v) is 14.0. The van der Waals surface area contributed by atoms with Crippen LogP contribution in [0.3, 0.4) is 0 Å². The number of nitrogens with zero attached hydrogens (tertiary/aromatic N) is 1. The van der Waals surface area contributed by atoms with E-state index in [9.17, 15) is 9.59 Å². The van der Waals surface area contributed by atoms with Crippen LogP contribution in [0.4, 0.5) is 0 Å². The monoisotopic (exact) mass is 354 g/mol. The average Bonchev–Trinajstić information content (AvgIpc) is 3.39. The number of benzene rings is 1. The third kappa shape index (κ3) is 3.56. The predicted molar refractivity (Wildman–Crippen MR) is 95.1 cm³/mol. The maximum absolute atomic E-state index is 12.2. The molecule has 0 bridgehead atoms. The highest BCUT2D eigenvalue weighted by molar-refractivity contribution is 6.30. The molecule has 5 nitrogen and oxygen atoms in total. The van der Waals surface area contributed by atoms with E-state index >= 15 is 0 Å². The van der Waals surface area contributed by atoms with E-state index in [-0.39, 0.29) is 17.7 Å². The van der Waals surface area contributed by atoms with Crippen molar-refractivity contribution in [3.63, 3.8) is 0 Å². The zero-order valence-electron chi connectivity index (χ0n) is 13.2. The molecular weight excluding hydrogens is 340 g/mol. The SMILES string of the molecule is O=C(NC1CC1)C1=CC2=NC(=O)/C(=C/c3cccc(Cl)c3)OC2C=C1. The molecule has 2 aliphatic carbocycles. The average molecular weight is 355 g/mol. The van der Waals surface area contributed by atoms with E-state index in [2.05, 4.69) is 10.3 Å². The first-order valence-corrected chi connectivity index (χ1v) is 8.44. The number of hydrogen-bond donors (Lipinski definition) is 1. The van der Waals surface area contributed by atoms with Crippen LogP contribution in [0.1, 0.15) is 18.4 Å². The highest BCUT2D eigenvalue weighted by Gasteiger charge is 2.30. The van der Waals surface area contributed by atoms with Gasteiger partial charge in [-0.2, -0.15) is 0 Å². The number of nitrogens with one attached hydrogen (secondary N) is 1. The number of ether oxygens (including phenoxy) is 1. The fourth-order valence-electron chi connectivity index (χ4n) is 2.62. The van der Waals surface area contributed by atoms with Crippen LogP contribution in [-0.2, 0) is 14.3 Å². The number of amides is 2. The van der Waals surface area contributed by atoms with Crippen LogP contribution in [0, 0.1) is 0 Å². The van der Waals surface area contributed by atoms with E-state index in [1.807, 2.05) is 6.07 Å². The molecule has 1 aromatic carbocycles. The van der Waals surface area contributed by atoms with Gasteiger partial charge < -0.3 is 10.1 Å². The standard InChI is InChI=1S/C19H15ClN2O3/c20-13-3-1-2-11(8-13)9-17-19(24)22-15-10-12(4-7-16(15)25-17)18(23)21-14-5-6-14/h1-4,7-10,14,16H,5-6H2,(H,21,23)/b17-9-. The Hall–Kier alpha value is -2.66. The van der Waals surface area contributed by atoms with E-state index in [0.29, 0.717) is 16.3 Å². The van der Waals surface area contributed by atoms with Gasteiger partial charge in [0.1, 0.15) is 0 Å². The molecule has 0 spiro atoms. The first-order valence-electron chi connectivity index (χ1n) is 8.06. The molecule has 4 rings (SSSR count). The van der Waals surface area contributed by atoms with Crippen LogP contribution in [0.15, 0.2) is 58.8 Å². The normalized spacial score (nSPS) is 23.5. The van der Waals surface area contributed by atoms with Crippen molar-refractivity contribution in [2.24, 2.45) is 4.99 Å². The van der Waals surface area contributed by atoms with Crippen molar-refractivity contribution in [3.05, 3.63) is 64.4 Å². The Labute approximate surface area is 149 Å². The van der Waals surface area contributed by atoms with Crippen molar-refractivity contribution in [2.45, 2.75) is 25.0 Å². The third-order valence-electron chi connectivity index (χ3n) is 4.06. The number of fused-ring (bicyclic) bond motifs is 1. The molecule has 1 aromatic rings. The van der Waals surface area contributed by atoms with Gasteiger partial charge >= 0.3 is 5.91 Å². The summed E-state index contributed by atoms with van der Waals surface area (Å²) in [6, 6.07) is 7.39. The van der Waals surface area contributed by atoms with Crippen LogP contribution in [-0.4, -0.2) is 29.7 Å². The van der Waals surface area contributed by atoms with Crippen LogP contribution in [0.25, 0.3) is 6.08 Å². The number of carbonyl (C=O) groups excluding carboxylic acids is 2. The topological polar surface area (TPSA) is 67.8 Å². The Bertz CT molecular complexity index is 878. The molecule has 1 heterocycles. The van der Waals surface area contributed by atoms with Gasteiger partial charge in [0.25, 0.3) is 5.91 Å².